The van der Waals surface area contributed by atoms with Crippen molar-refractivity contribution < 1.29 is 22.4 Å². The molecular weight excluding hydrogens is 274 g/mol. The number of benzene rings is 1. The molecule has 0 radical (unpaired) electrons. The lowest BCUT2D eigenvalue weighted by molar-refractivity contribution is -0.187. The van der Waals surface area contributed by atoms with Crippen LogP contribution in [0.25, 0.3) is 0 Å². The predicted octanol–water partition coefficient (Wildman–Crippen LogP) is 3.17. The lowest BCUT2D eigenvalue weighted by atomic mass is 10.1. The van der Waals surface area contributed by atoms with Gasteiger partial charge < -0.3 is 4.90 Å². The first kappa shape index (κ1) is 14.4. The fourth-order valence-corrected chi connectivity index (χ4v) is 2.43. The Hall–Kier alpha value is -2.03. The summed E-state index contributed by atoms with van der Waals surface area (Å²) in [6.45, 7) is -0.510. The molecule has 0 fully saturated rings. The van der Waals surface area contributed by atoms with E-state index in [1.807, 2.05) is 5.92 Å². The molecular formula is C14H11F4NO. The van der Waals surface area contributed by atoms with Crippen LogP contribution in [0.2, 0.25) is 0 Å². The highest BCUT2D eigenvalue weighted by molar-refractivity contribution is 5.82. The second kappa shape index (κ2) is 5.16. The first-order chi connectivity index (χ1) is 9.36. The summed E-state index contributed by atoms with van der Waals surface area (Å²) in [5, 5.41) is 0. The normalized spacial score (nSPS) is 21.1. The highest BCUT2D eigenvalue weighted by atomic mass is 19.4. The van der Waals surface area contributed by atoms with Crippen LogP contribution in [0.1, 0.15) is 29.8 Å². The summed E-state index contributed by atoms with van der Waals surface area (Å²) in [6.07, 6.45) is -1.60. The zero-order valence-electron chi connectivity index (χ0n) is 10.3. The third-order valence-electron chi connectivity index (χ3n) is 3.26. The van der Waals surface area contributed by atoms with Gasteiger partial charge in [-0.1, -0.05) is 30.2 Å². The van der Waals surface area contributed by atoms with Gasteiger partial charge in [-0.2, -0.15) is 13.2 Å². The molecule has 0 saturated heterocycles. The number of carbonyl (C=O) groups excluding carboxylic acids is 1. The molecule has 2 rings (SSSR count). The molecule has 1 amide bonds. The third-order valence-corrected chi connectivity index (χ3v) is 3.26. The van der Waals surface area contributed by atoms with Gasteiger partial charge in [0.2, 0.25) is 0 Å². The molecule has 1 aliphatic rings. The van der Waals surface area contributed by atoms with Gasteiger partial charge in [0.15, 0.2) is 0 Å². The number of hydrogen-bond acceptors (Lipinski definition) is 1. The fourth-order valence-electron chi connectivity index (χ4n) is 2.43. The SMILES string of the molecule is C#CCN(C(=O)C(F)(F)F)[C@@H]1C[C@H](F)c2ccccc21. The molecule has 2 atom stereocenters. The van der Waals surface area contributed by atoms with E-state index in [-0.39, 0.29) is 6.42 Å². The van der Waals surface area contributed by atoms with Crippen LogP contribution in [0.4, 0.5) is 17.6 Å². The van der Waals surface area contributed by atoms with Crippen LogP contribution in [0.5, 0.6) is 0 Å². The van der Waals surface area contributed by atoms with E-state index in [9.17, 15) is 22.4 Å². The highest BCUT2D eigenvalue weighted by Gasteiger charge is 2.47. The molecule has 20 heavy (non-hydrogen) atoms. The van der Waals surface area contributed by atoms with Gasteiger partial charge in [0.25, 0.3) is 0 Å². The van der Waals surface area contributed by atoms with Crippen LogP contribution in [0.15, 0.2) is 24.3 Å². The molecule has 0 aliphatic heterocycles. The lowest BCUT2D eigenvalue weighted by Gasteiger charge is -2.28. The average molecular weight is 285 g/mol. The molecule has 0 saturated carbocycles. The number of terminal acetylenes is 1. The van der Waals surface area contributed by atoms with Gasteiger partial charge in [0.05, 0.1) is 12.6 Å². The van der Waals surface area contributed by atoms with Crippen LogP contribution in [0, 0.1) is 12.3 Å². The Balaban J connectivity index is 2.38. The second-order valence-electron chi connectivity index (χ2n) is 4.48. The summed E-state index contributed by atoms with van der Waals surface area (Å²) in [7, 11) is 0. The monoisotopic (exact) mass is 285 g/mol. The Labute approximate surface area is 113 Å². The Morgan fingerprint density at radius 3 is 2.50 bits per heavy atom. The minimum atomic E-state index is -5.03. The first-order valence-corrected chi connectivity index (χ1v) is 5.90. The zero-order valence-corrected chi connectivity index (χ0v) is 10.3. The van der Waals surface area contributed by atoms with E-state index in [0.29, 0.717) is 16.0 Å². The topological polar surface area (TPSA) is 20.3 Å². The van der Waals surface area contributed by atoms with Gasteiger partial charge in [-0.05, 0) is 11.1 Å². The Bertz CT molecular complexity index is 561. The second-order valence-corrected chi connectivity index (χ2v) is 4.48. The molecule has 0 unspecified atom stereocenters. The smallest absolute Gasteiger partial charge is 0.317 e. The summed E-state index contributed by atoms with van der Waals surface area (Å²) in [5.41, 5.74) is 0.697. The minimum Gasteiger partial charge on any atom is -0.317 e. The summed E-state index contributed by atoms with van der Waals surface area (Å²) >= 11 is 0. The Morgan fingerprint density at radius 2 is 1.95 bits per heavy atom. The number of nitrogens with zero attached hydrogens (tertiary/aromatic N) is 1. The van der Waals surface area contributed by atoms with Gasteiger partial charge in [-0.3, -0.25) is 4.79 Å². The van der Waals surface area contributed by atoms with Gasteiger partial charge in [0, 0.05) is 6.42 Å². The quantitative estimate of drug-likeness (QED) is 0.604. The van der Waals surface area contributed by atoms with Gasteiger partial charge in [-0.25, -0.2) is 4.39 Å². The van der Waals surface area contributed by atoms with Gasteiger partial charge >= 0.3 is 12.1 Å². The Kier molecular flexibility index (Phi) is 3.71. The van der Waals surface area contributed by atoms with E-state index < -0.39 is 30.8 Å². The average Bonchev–Trinajstić information content (AvgIpc) is 2.72. The summed E-state index contributed by atoms with van der Waals surface area (Å²) < 4.78 is 51.6. The number of halogens is 4. The van der Waals surface area contributed by atoms with Crippen molar-refractivity contribution in [1.82, 2.24) is 4.90 Å². The largest absolute Gasteiger partial charge is 0.471 e. The number of carbonyl (C=O) groups is 1. The van der Waals surface area contributed by atoms with Crippen molar-refractivity contribution in [2.75, 3.05) is 6.54 Å². The maximum Gasteiger partial charge on any atom is 0.471 e. The van der Waals surface area contributed by atoms with E-state index in [0.717, 1.165) is 0 Å². The highest BCUT2D eigenvalue weighted by Crippen LogP contribution is 2.44. The number of fused-ring (bicyclic) bond motifs is 1. The minimum absolute atomic E-state index is 0.206. The van der Waals surface area contributed by atoms with Crippen molar-refractivity contribution >= 4 is 5.91 Å². The molecule has 2 nitrogen and oxygen atoms in total. The Morgan fingerprint density at radius 1 is 1.35 bits per heavy atom. The molecule has 1 aromatic carbocycles. The fraction of sp³-hybridized carbons (Fsp3) is 0.357. The van der Waals surface area contributed by atoms with Crippen LogP contribution in [-0.4, -0.2) is 23.5 Å². The molecule has 0 spiro atoms. The number of hydrogen-bond donors (Lipinski definition) is 0. The molecule has 0 heterocycles. The van der Waals surface area contributed by atoms with E-state index in [1.165, 1.54) is 12.1 Å². The van der Waals surface area contributed by atoms with Crippen LogP contribution in [0.3, 0.4) is 0 Å². The predicted molar refractivity (Wildman–Crippen MR) is 64.3 cm³/mol. The van der Waals surface area contributed by atoms with E-state index >= 15 is 0 Å². The summed E-state index contributed by atoms with van der Waals surface area (Å²) in [6, 6.07) is 5.24. The van der Waals surface area contributed by atoms with Crippen molar-refractivity contribution in [2.45, 2.75) is 24.8 Å². The molecule has 0 bridgehead atoms. The van der Waals surface area contributed by atoms with E-state index in [2.05, 4.69) is 0 Å². The van der Waals surface area contributed by atoms with Crippen LogP contribution in [-0.2, 0) is 4.79 Å². The maximum atomic E-state index is 13.9. The third kappa shape index (κ3) is 2.48. The molecule has 1 aromatic rings. The summed E-state index contributed by atoms with van der Waals surface area (Å²) in [4.78, 5) is 12.0. The molecule has 106 valence electrons. The number of amides is 1. The molecule has 0 aromatic heterocycles. The van der Waals surface area contributed by atoms with Crippen LogP contribution >= 0.6 is 0 Å². The maximum absolute atomic E-state index is 13.9. The van der Waals surface area contributed by atoms with Crippen LogP contribution < -0.4 is 0 Å². The van der Waals surface area contributed by atoms with Gasteiger partial charge in [-0.15, -0.1) is 6.42 Å². The molecule has 6 heteroatoms. The summed E-state index contributed by atoms with van der Waals surface area (Å²) in [5.74, 6) is -0.0117. The van der Waals surface area contributed by atoms with Crippen molar-refractivity contribution in [3.05, 3.63) is 35.4 Å². The van der Waals surface area contributed by atoms with Crippen molar-refractivity contribution in [3.63, 3.8) is 0 Å². The molecule has 0 N–H and O–H groups in total. The van der Waals surface area contributed by atoms with Crippen molar-refractivity contribution in [3.8, 4) is 12.3 Å². The number of rotatable bonds is 2. The van der Waals surface area contributed by atoms with Gasteiger partial charge in [0.1, 0.15) is 6.17 Å². The lowest BCUT2D eigenvalue weighted by Crippen LogP contribution is -2.43. The standard InChI is InChI=1S/C14H11F4NO/c1-2-7-19(13(20)14(16,17)18)12-8-11(15)9-5-3-4-6-10(9)12/h1,3-6,11-12H,7-8H2/t11-,12+/m0/s1. The zero-order chi connectivity index (χ0) is 14.9. The first-order valence-electron chi connectivity index (χ1n) is 5.90. The van der Waals surface area contributed by atoms with Crippen molar-refractivity contribution in [1.29, 1.82) is 0 Å². The van der Waals surface area contributed by atoms with E-state index in [4.69, 9.17) is 6.42 Å². The van der Waals surface area contributed by atoms with Crippen molar-refractivity contribution in [2.24, 2.45) is 0 Å². The van der Waals surface area contributed by atoms with E-state index in [1.54, 1.807) is 12.1 Å². The number of alkyl halides is 4. The molecule has 1 aliphatic carbocycles.